The molecular weight excluding hydrogens is 304 g/mol. The Morgan fingerprint density at radius 3 is 2.68 bits per heavy atom. The van der Waals surface area contributed by atoms with Crippen LogP contribution in [0.25, 0.3) is 0 Å². The Morgan fingerprint density at radius 2 is 2.11 bits per heavy atom. The lowest BCUT2D eigenvalue weighted by Crippen LogP contribution is -2.35. The summed E-state index contributed by atoms with van der Waals surface area (Å²) in [6, 6.07) is 5.77. The van der Waals surface area contributed by atoms with E-state index in [4.69, 9.17) is 0 Å². The first kappa shape index (κ1) is 14.5. The van der Waals surface area contributed by atoms with Crippen molar-refractivity contribution in [3.63, 3.8) is 0 Å². The Bertz CT molecular complexity index is 442. The topological polar surface area (TPSA) is 23.6 Å². The van der Waals surface area contributed by atoms with E-state index in [1.807, 2.05) is 18.2 Å². The first-order valence-electron chi connectivity index (χ1n) is 6.74. The molecule has 0 spiro atoms. The molecular formula is C15H21BrN2O. The SMILES string of the molecule is CN1CCC(CN(C)c2ccc(C=O)cc2Br)CC1. The standard InChI is InChI=1S/C15H21BrN2O/c1-17-7-5-12(6-8-17)10-18(2)15-4-3-13(11-19)9-14(15)16/h3-4,9,11-12H,5-8,10H2,1-2H3. The highest BCUT2D eigenvalue weighted by atomic mass is 79.9. The van der Waals surface area contributed by atoms with Crippen molar-refractivity contribution in [2.24, 2.45) is 5.92 Å². The minimum atomic E-state index is 0.711. The normalized spacial score (nSPS) is 17.4. The van der Waals surface area contributed by atoms with Gasteiger partial charge in [-0.25, -0.2) is 0 Å². The van der Waals surface area contributed by atoms with Crippen LogP contribution in [0.4, 0.5) is 5.69 Å². The molecule has 0 unspecified atom stereocenters. The molecule has 4 heteroatoms. The molecule has 0 aliphatic carbocycles. The van der Waals surface area contributed by atoms with Gasteiger partial charge in [0.2, 0.25) is 0 Å². The second-order valence-corrected chi connectivity index (χ2v) is 6.31. The van der Waals surface area contributed by atoms with Crippen molar-refractivity contribution in [2.45, 2.75) is 12.8 Å². The molecule has 0 bridgehead atoms. The van der Waals surface area contributed by atoms with E-state index in [1.165, 1.54) is 25.9 Å². The van der Waals surface area contributed by atoms with Gasteiger partial charge in [0.25, 0.3) is 0 Å². The van der Waals surface area contributed by atoms with Crippen LogP contribution in [-0.4, -0.2) is 44.9 Å². The van der Waals surface area contributed by atoms with Crippen LogP contribution in [0.15, 0.2) is 22.7 Å². The smallest absolute Gasteiger partial charge is 0.150 e. The second-order valence-electron chi connectivity index (χ2n) is 5.46. The molecule has 19 heavy (non-hydrogen) atoms. The van der Waals surface area contributed by atoms with Gasteiger partial charge in [-0.1, -0.05) is 0 Å². The van der Waals surface area contributed by atoms with E-state index < -0.39 is 0 Å². The number of piperidine rings is 1. The van der Waals surface area contributed by atoms with Crippen molar-refractivity contribution < 1.29 is 4.79 Å². The number of likely N-dealkylation sites (tertiary alicyclic amines) is 1. The Hall–Kier alpha value is -0.870. The van der Waals surface area contributed by atoms with Gasteiger partial charge < -0.3 is 9.80 Å². The fourth-order valence-electron chi connectivity index (χ4n) is 2.64. The zero-order chi connectivity index (χ0) is 13.8. The van der Waals surface area contributed by atoms with Crippen LogP contribution in [0.2, 0.25) is 0 Å². The van der Waals surface area contributed by atoms with Crippen molar-refractivity contribution in [1.29, 1.82) is 0 Å². The van der Waals surface area contributed by atoms with Crippen molar-refractivity contribution in [3.05, 3.63) is 28.2 Å². The predicted octanol–water partition coefficient (Wildman–Crippen LogP) is 3.04. The molecule has 2 rings (SSSR count). The van der Waals surface area contributed by atoms with Crippen LogP contribution in [0, 0.1) is 5.92 Å². The molecule has 1 saturated heterocycles. The lowest BCUT2D eigenvalue weighted by molar-refractivity contribution is 0.112. The fourth-order valence-corrected chi connectivity index (χ4v) is 3.34. The quantitative estimate of drug-likeness (QED) is 0.795. The summed E-state index contributed by atoms with van der Waals surface area (Å²) in [6.07, 6.45) is 3.42. The maximum absolute atomic E-state index is 10.7. The summed E-state index contributed by atoms with van der Waals surface area (Å²) in [5, 5.41) is 0. The summed E-state index contributed by atoms with van der Waals surface area (Å²) in [5.74, 6) is 0.763. The van der Waals surface area contributed by atoms with E-state index in [0.717, 1.165) is 28.9 Å². The van der Waals surface area contributed by atoms with Crippen LogP contribution >= 0.6 is 15.9 Å². The molecule has 1 heterocycles. The van der Waals surface area contributed by atoms with Gasteiger partial charge in [-0.3, -0.25) is 4.79 Å². The molecule has 104 valence electrons. The molecule has 0 amide bonds. The fraction of sp³-hybridized carbons (Fsp3) is 0.533. The highest BCUT2D eigenvalue weighted by Gasteiger charge is 2.19. The summed E-state index contributed by atoms with van der Waals surface area (Å²) in [5.41, 5.74) is 1.87. The highest BCUT2D eigenvalue weighted by molar-refractivity contribution is 9.10. The molecule has 1 aromatic carbocycles. The zero-order valence-electron chi connectivity index (χ0n) is 11.6. The van der Waals surface area contributed by atoms with Crippen molar-refractivity contribution >= 4 is 27.9 Å². The molecule has 0 saturated carbocycles. The molecule has 0 atom stereocenters. The maximum Gasteiger partial charge on any atom is 0.150 e. The van der Waals surface area contributed by atoms with Gasteiger partial charge in [0.1, 0.15) is 6.29 Å². The Balaban J connectivity index is 1.99. The molecule has 1 aliphatic heterocycles. The average Bonchev–Trinajstić information content (AvgIpc) is 2.41. The van der Waals surface area contributed by atoms with Gasteiger partial charge in [0.05, 0.1) is 5.69 Å². The lowest BCUT2D eigenvalue weighted by Gasteiger charge is -2.32. The molecule has 0 aromatic heterocycles. The summed E-state index contributed by atoms with van der Waals surface area (Å²) in [6.45, 7) is 3.47. The third-order valence-electron chi connectivity index (χ3n) is 3.89. The minimum Gasteiger partial charge on any atom is -0.373 e. The zero-order valence-corrected chi connectivity index (χ0v) is 13.2. The van der Waals surface area contributed by atoms with Crippen LogP contribution in [0.1, 0.15) is 23.2 Å². The molecule has 1 aromatic rings. The van der Waals surface area contributed by atoms with E-state index >= 15 is 0 Å². The third-order valence-corrected chi connectivity index (χ3v) is 4.52. The van der Waals surface area contributed by atoms with E-state index in [-0.39, 0.29) is 0 Å². The number of rotatable bonds is 4. The van der Waals surface area contributed by atoms with Crippen molar-refractivity contribution in [2.75, 3.05) is 38.6 Å². The van der Waals surface area contributed by atoms with Crippen LogP contribution in [-0.2, 0) is 0 Å². The van der Waals surface area contributed by atoms with Crippen LogP contribution < -0.4 is 4.90 Å². The largest absolute Gasteiger partial charge is 0.373 e. The summed E-state index contributed by atoms with van der Waals surface area (Å²) in [7, 11) is 4.31. The van der Waals surface area contributed by atoms with Crippen LogP contribution in [0.5, 0.6) is 0 Å². The lowest BCUT2D eigenvalue weighted by atomic mass is 9.96. The number of carbonyl (C=O) groups is 1. The molecule has 3 nitrogen and oxygen atoms in total. The number of benzene rings is 1. The van der Waals surface area contributed by atoms with Gasteiger partial charge in [-0.15, -0.1) is 0 Å². The number of anilines is 1. The van der Waals surface area contributed by atoms with E-state index in [1.54, 1.807) is 0 Å². The third kappa shape index (κ3) is 3.80. The number of carbonyl (C=O) groups excluding carboxylic acids is 1. The number of aldehydes is 1. The molecule has 0 N–H and O–H groups in total. The summed E-state index contributed by atoms with van der Waals surface area (Å²) in [4.78, 5) is 15.4. The van der Waals surface area contributed by atoms with Crippen LogP contribution in [0.3, 0.4) is 0 Å². The first-order chi connectivity index (χ1) is 9.10. The minimum absolute atomic E-state index is 0.711. The van der Waals surface area contributed by atoms with Crippen molar-refractivity contribution in [1.82, 2.24) is 4.90 Å². The Morgan fingerprint density at radius 1 is 1.42 bits per heavy atom. The Kier molecular flexibility index (Phi) is 4.99. The van der Waals surface area contributed by atoms with Gasteiger partial charge in [-0.05, 0) is 73.0 Å². The monoisotopic (exact) mass is 324 g/mol. The van der Waals surface area contributed by atoms with Crippen molar-refractivity contribution in [3.8, 4) is 0 Å². The number of hydrogen-bond donors (Lipinski definition) is 0. The second kappa shape index (κ2) is 6.53. The van der Waals surface area contributed by atoms with Gasteiger partial charge in [0.15, 0.2) is 0 Å². The number of halogens is 1. The summed E-state index contributed by atoms with van der Waals surface area (Å²) >= 11 is 3.55. The highest BCUT2D eigenvalue weighted by Crippen LogP contribution is 2.28. The van der Waals surface area contributed by atoms with E-state index in [9.17, 15) is 4.79 Å². The summed E-state index contributed by atoms with van der Waals surface area (Å²) < 4.78 is 0.993. The first-order valence-corrected chi connectivity index (χ1v) is 7.54. The van der Waals surface area contributed by atoms with Gasteiger partial charge >= 0.3 is 0 Å². The van der Waals surface area contributed by atoms with E-state index in [0.29, 0.717) is 5.56 Å². The maximum atomic E-state index is 10.7. The van der Waals surface area contributed by atoms with Gasteiger partial charge in [-0.2, -0.15) is 0 Å². The molecule has 1 aliphatic rings. The molecule has 1 fully saturated rings. The number of nitrogens with zero attached hydrogens (tertiary/aromatic N) is 2. The van der Waals surface area contributed by atoms with Gasteiger partial charge in [0, 0.05) is 23.6 Å². The number of hydrogen-bond acceptors (Lipinski definition) is 3. The Labute approximate surface area is 123 Å². The average molecular weight is 325 g/mol. The molecule has 0 radical (unpaired) electrons. The predicted molar refractivity (Wildman–Crippen MR) is 83.0 cm³/mol. The van der Waals surface area contributed by atoms with E-state index in [2.05, 4.69) is 39.8 Å².